The number of carbonyl (C=O) groups is 7. The van der Waals surface area contributed by atoms with Crippen LogP contribution in [0.3, 0.4) is 0 Å². The first-order chi connectivity index (χ1) is 42.6. The molecular formula is C66H80F3N9O11. The number of phenols is 3. The average Bonchev–Trinajstić information content (AvgIpc) is 3.19. The zero-order valence-corrected chi connectivity index (χ0v) is 49.4. The number of aryl methyl sites for hydroxylation is 3. The number of phenolic OH excluding ortho intramolecular Hbond substituents is 3. The van der Waals surface area contributed by atoms with Crippen molar-refractivity contribution >= 4 is 58.5 Å². The molecule has 0 aliphatic rings. The number of unbranched alkanes of at least 4 members (excludes halogenated alkanes) is 3. The Balaban J connectivity index is 0.00000194. The number of hydrogen-bond donors (Lipinski definition) is 13. The molecule has 89 heavy (non-hydrogen) atoms. The third kappa shape index (κ3) is 25.5. The molecule has 3 atom stereocenters. The monoisotopic (exact) mass is 1230 g/mol. The molecule has 0 aliphatic carbocycles. The lowest BCUT2D eigenvalue weighted by Crippen LogP contribution is -2.44. The molecule has 0 saturated heterocycles. The standard InChI is InChI=1S/C64H79N9O9.C2HF3O2/c65-40-4-1-7-55(71-58(77)37-16-43-10-31-52(74)32-11-43)62(80)68-49-25-19-46(20-26-49)61(47-21-27-50(28-22-47)69-63(81)56(8-2-5-41-66)72-59(78)38-17-44-12-33-53(75)34-13-44)48-23-29-51(30-24-48)70-64(82)57(9-3-6-42-67)73-60(79)39-18-45-14-35-54(76)36-15-45;3-2(4,5)1(6)7/h10-15,19-36,55-57,61,74-76H,1-9,16-18,37-42,65-67H2,(H,68,80)(H,69,81)(H,70,82)(H,71,77)(H,72,78)(H,73,79);(H,6,7)/t55-,56-,57-;/m1./s1. The fraction of sp³-hybridized carbons (Fsp3) is 0.348. The van der Waals surface area contributed by atoms with Crippen molar-refractivity contribution in [2.45, 2.75) is 127 Å². The van der Waals surface area contributed by atoms with Crippen LogP contribution in [0.5, 0.6) is 17.2 Å². The molecule has 0 radical (unpaired) electrons. The van der Waals surface area contributed by atoms with Gasteiger partial charge >= 0.3 is 12.1 Å². The van der Waals surface area contributed by atoms with Crippen molar-refractivity contribution < 1.29 is 67.2 Å². The molecule has 16 N–H and O–H groups in total. The smallest absolute Gasteiger partial charge is 0.490 e. The Morgan fingerprint density at radius 3 is 0.831 bits per heavy atom. The number of nitrogens with two attached hydrogens (primary N) is 3. The largest absolute Gasteiger partial charge is 0.508 e. The molecule has 0 aliphatic heterocycles. The van der Waals surface area contributed by atoms with Crippen molar-refractivity contribution in [3.05, 3.63) is 179 Å². The Bertz CT molecular complexity index is 2870. The van der Waals surface area contributed by atoms with Crippen LogP contribution in [0, 0.1) is 0 Å². The van der Waals surface area contributed by atoms with Crippen molar-refractivity contribution in [3.63, 3.8) is 0 Å². The summed E-state index contributed by atoms with van der Waals surface area (Å²) in [6.45, 7) is 1.34. The van der Waals surface area contributed by atoms with Crippen LogP contribution >= 0.6 is 0 Å². The maximum absolute atomic E-state index is 13.8. The molecule has 6 aromatic carbocycles. The van der Waals surface area contributed by atoms with E-state index in [2.05, 4.69) is 31.9 Å². The molecule has 0 aromatic heterocycles. The summed E-state index contributed by atoms with van der Waals surface area (Å²) in [6.07, 6.45) is 1.75. The van der Waals surface area contributed by atoms with Gasteiger partial charge in [-0.1, -0.05) is 72.8 Å². The van der Waals surface area contributed by atoms with Gasteiger partial charge in [0, 0.05) is 42.2 Å². The number of carboxylic acids is 1. The molecular weight excluding hydrogens is 1150 g/mol. The quantitative estimate of drug-likeness (QED) is 0.0137. The highest BCUT2D eigenvalue weighted by molar-refractivity contribution is 5.99. The normalized spacial score (nSPS) is 12.1. The highest BCUT2D eigenvalue weighted by Gasteiger charge is 2.38. The highest BCUT2D eigenvalue weighted by Crippen LogP contribution is 2.34. The second-order valence-corrected chi connectivity index (χ2v) is 21.3. The summed E-state index contributed by atoms with van der Waals surface area (Å²) in [5, 5.41) is 53.7. The van der Waals surface area contributed by atoms with Crippen LogP contribution in [-0.2, 0) is 52.8 Å². The maximum Gasteiger partial charge on any atom is 0.490 e. The minimum Gasteiger partial charge on any atom is -0.508 e. The Kier molecular flexibility index (Phi) is 29.1. The van der Waals surface area contributed by atoms with Gasteiger partial charge in [0.05, 0.1) is 0 Å². The van der Waals surface area contributed by atoms with Crippen LogP contribution in [0.15, 0.2) is 146 Å². The molecule has 23 heteroatoms. The fourth-order valence-electron chi connectivity index (χ4n) is 9.39. The number of hydrogen-bond acceptors (Lipinski definition) is 13. The Morgan fingerprint density at radius 1 is 0.382 bits per heavy atom. The average molecular weight is 1230 g/mol. The molecule has 476 valence electrons. The van der Waals surface area contributed by atoms with Crippen molar-refractivity contribution in [3.8, 4) is 17.2 Å². The number of anilines is 3. The summed E-state index contributed by atoms with van der Waals surface area (Å²) in [5.41, 5.74) is 24.0. The number of amides is 6. The van der Waals surface area contributed by atoms with E-state index in [-0.39, 0.29) is 72.0 Å². The van der Waals surface area contributed by atoms with E-state index in [9.17, 15) is 57.3 Å². The Hall–Kier alpha value is -9.32. The number of aromatic hydroxyl groups is 3. The molecule has 0 unspecified atom stereocenters. The van der Waals surface area contributed by atoms with Crippen molar-refractivity contribution in [1.29, 1.82) is 0 Å². The lowest BCUT2D eigenvalue weighted by Gasteiger charge is -2.22. The zero-order chi connectivity index (χ0) is 64.7. The number of alkyl halides is 3. The predicted octanol–water partition coefficient (Wildman–Crippen LogP) is 8.17. The van der Waals surface area contributed by atoms with Gasteiger partial charge < -0.3 is 69.5 Å². The lowest BCUT2D eigenvalue weighted by molar-refractivity contribution is -0.192. The van der Waals surface area contributed by atoms with Gasteiger partial charge in [0.1, 0.15) is 35.4 Å². The summed E-state index contributed by atoms with van der Waals surface area (Å²) >= 11 is 0. The van der Waals surface area contributed by atoms with Crippen LogP contribution < -0.4 is 49.1 Å². The minimum absolute atomic E-state index is 0.134. The molecule has 6 amide bonds. The first-order valence-corrected chi connectivity index (χ1v) is 29.5. The van der Waals surface area contributed by atoms with Gasteiger partial charge in [-0.05, 0) is 203 Å². The van der Waals surface area contributed by atoms with E-state index in [1.165, 1.54) is 0 Å². The second kappa shape index (κ2) is 36.7. The number of carbonyl (C=O) groups excluding carboxylic acids is 6. The molecule has 0 spiro atoms. The number of aliphatic carboxylic acids is 1. The van der Waals surface area contributed by atoms with E-state index in [4.69, 9.17) is 27.1 Å². The second-order valence-electron chi connectivity index (χ2n) is 21.3. The van der Waals surface area contributed by atoms with E-state index in [1.807, 2.05) is 36.4 Å². The third-order valence-electron chi connectivity index (χ3n) is 14.3. The minimum atomic E-state index is -5.08. The van der Waals surface area contributed by atoms with Gasteiger partial charge in [-0.3, -0.25) is 28.8 Å². The summed E-state index contributed by atoms with van der Waals surface area (Å²) in [6, 6.07) is 39.6. The van der Waals surface area contributed by atoms with Gasteiger partial charge in [0.2, 0.25) is 35.4 Å². The van der Waals surface area contributed by atoms with Gasteiger partial charge in [-0.2, -0.15) is 13.2 Å². The molecule has 0 bridgehead atoms. The van der Waals surface area contributed by atoms with Crippen molar-refractivity contribution in [1.82, 2.24) is 16.0 Å². The van der Waals surface area contributed by atoms with Crippen LogP contribution in [-0.4, -0.2) is 106 Å². The Morgan fingerprint density at radius 2 is 0.618 bits per heavy atom. The van der Waals surface area contributed by atoms with Crippen molar-refractivity contribution in [2.75, 3.05) is 35.6 Å². The number of halogens is 3. The summed E-state index contributed by atoms with van der Waals surface area (Å²) in [5.74, 6) is -4.72. The van der Waals surface area contributed by atoms with Crippen LogP contribution in [0.2, 0.25) is 0 Å². The third-order valence-corrected chi connectivity index (χ3v) is 14.3. The first-order valence-electron chi connectivity index (χ1n) is 29.5. The van der Waals surface area contributed by atoms with Gasteiger partial charge in [-0.25, -0.2) is 4.79 Å². The van der Waals surface area contributed by atoms with Crippen LogP contribution in [0.4, 0.5) is 30.2 Å². The highest BCUT2D eigenvalue weighted by atomic mass is 19.4. The molecule has 0 fully saturated rings. The topological polar surface area (TPSA) is 351 Å². The SMILES string of the molecule is NCCCC[C@@H](NC(=O)CCc1ccc(O)cc1)C(=O)Nc1ccc(C(c2ccc(NC(=O)[C@@H](CCCCN)NC(=O)CCc3ccc(O)cc3)cc2)c2ccc(NC(=O)[C@@H](CCCCN)NC(=O)CCc3ccc(O)cc3)cc2)cc1.O=C(O)C(F)(F)F. The zero-order valence-electron chi connectivity index (χ0n) is 49.4. The molecule has 0 heterocycles. The number of benzene rings is 6. The van der Waals surface area contributed by atoms with Gasteiger partial charge in [0.15, 0.2) is 0 Å². The Labute approximate surface area is 515 Å². The predicted molar refractivity (Wildman–Crippen MR) is 334 cm³/mol. The molecule has 6 rings (SSSR count). The molecule has 20 nitrogen and oxygen atoms in total. The maximum atomic E-state index is 13.8. The summed E-state index contributed by atoms with van der Waals surface area (Å²) in [7, 11) is 0. The van der Waals surface area contributed by atoms with E-state index in [0.717, 1.165) is 33.4 Å². The van der Waals surface area contributed by atoms with Crippen molar-refractivity contribution in [2.24, 2.45) is 17.2 Å². The number of rotatable bonds is 33. The van der Waals surface area contributed by atoms with Gasteiger partial charge in [0.25, 0.3) is 0 Å². The first kappa shape index (κ1) is 70.4. The van der Waals surface area contributed by atoms with Crippen LogP contribution in [0.1, 0.15) is 116 Å². The van der Waals surface area contributed by atoms with E-state index >= 15 is 0 Å². The fourth-order valence-corrected chi connectivity index (χ4v) is 9.39. The van der Waals surface area contributed by atoms with E-state index in [0.29, 0.717) is 114 Å². The van der Waals surface area contributed by atoms with Crippen LogP contribution in [0.25, 0.3) is 0 Å². The van der Waals surface area contributed by atoms with E-state index < -0.39 is 36.2 Å². The summed E-state index contributed by atoms with van der Waals surface area (Å²) in [4.78, 5) is 89.8. The van der Waals surface area contributed by atoms with Gasteiger partial charge in [-0.15, -0.1) is 0 Å². The summed E-state index contributed by atoms with van der Waals surface area (Å²) < 4.78 is 31.7. The molecule has 0 saturated carbocycles. The number of nitrogens with one attached hydrogen (secondary N) is 6. The lowest BCUT2D eigenvalue weighted by atomic mass is 9.85. The molecule has 6 aromatic rings. The number of carboxylic acid groups (broad SMARTS) is 1. The van der Waals surface area contributed by atoms with E-state index in [1.54, 1.807) is 109 Å².